The summed E-state index contributed by atoms with van der Waals surface area (Å²) in [6.07, 6.45) is 1.98. The van der Waals surface area contributed by atoms with E-state index >= 15 is 0 Å². The summed E-state index contributed by atoms with van der Waals surface area (Å²) in [5.74, 6) is -1.26. The third kappa shape index (κ3) is 2.86. The standard InChI is InChI=1S/C14H16O5/c1-8(15)3-2-4-10-7-9-5-6-11(16)13(17)12(9)14(18)19-10/h5-6,10,16-17H,2-4,7H2,1H3/t10-/m0/s1. The molecular weight excluding hydrogens is 248 g/mol. The Hall–Kier alpha value is -2.04. The van der Waals surface area contributed by atoms with Crippen LogP contribution in [0.5, 0.6) is 11.5 Å². The molecule has 0 saturated heterocycles. The van der Waals surface area contributed by atoms with Gasteiger partial charge in [0.05, 0.1) is 0 Å². The highest BCUT2D eigenvalue weighted by molar-refractivity contribution is 5.96. The molecule has 0 aromatic heterocycles. The first-order valence-corrected chi connectivity index (χ1v) is 6.23. The first-order chi connectivity index (χ1) is 8.99. The van der Waals surface area contributed by atoms with Crippen molar-refractivity contribution in [1.82, 2.24) is 0 Å². The summed E-state index contributed by atoms with van der Waals surface area (Å²) in [6.45, 7) is 1.53. The minimum atomic E-state index is -0.623. The van der Waals surface area contributed by atoms with Crippen molar-refractivity contribution in [2.45, 2.75) is 38.7 Å². The molecule has 0 radical (unpaired) electrons. The number of rotatable bonds is 4. The Kier molecular flexibility index (Phi) is 3.74. The summed E-state index contributed by atoms with van der Waals surface area (Å²) in [4.78, 5) is 22.7. The predicted molar refractivity (Wildman–Crippen MR) is 67.2 cm³/mol. The van der Waals surface area contributed by atoms with Gasteiger partial charge in [-0.15, -0.1) is 0 Å². The van der Waals surface area contributed by atoms with Gasteiger partial charge in [0.15, 0.2) is 11.5 Å². The van der Waals surface area contributed by atoms with Gasteiger partial charge in [0.2, 0.25) is 0 Å². The minimum Gasteiger partial charge on any atom is -0.504 e. The zero-order valence-electron chi connectivity index (χ0n) is 10.7. The van der Waals surface area contributed by atoms with E-state index in [1.807, 2.05) is 0 Å². The van der Waals surface area contributed by atoms with E-state index in [0.29, 0.717) is 31.2 Å². The Bertz CT molecular complexity index is 521. The number of phenols is 2. The van der Waals surface area contributed by atoms with Crippen LogP contribution in [0, 0.1) is 0 Å². The summed E-state index contributed by atoms with van der Waals surface area (Å²) in [5.41, 5.74) is 0.710. The van der Waals surface area contributed by atoms with Crippen LogP contribution < -0.4 is 0 Å². The Balaban J connectivity index is 2.10. The zero-order valence-corrected chi connectivity index (χ0v) is 10.7. The number of carbonyl (C=O) groups excluding carboxylic acids is 2. The Morgan fingerprint density at radius 1 is 1.42 bits per heavy atom. The van der Waals surface area contributed by atoms with Crippen LogP contribution in [0.3, 0.4) is 0 Å². The number of Topliss-reactive ketones (excluding diaryl/α,β-unsaturated/α-hetero) is 1. The van der Waals surface area contributed by atoms with Crippen molar-refractivity contribution >= 4 is 11.8 Å². The van der Waals surface area contributed by atoms with Crippen molar-refractivity contribution in [3.05, 3.63) is 23.3 Å². The smallest absolute Gasteiger partial charge is 0.342 e. The number of fused-ring (bicyclic) bond motifs is 1. The molecule has 0 bridgehead atoms. The average molecular weight is 264 g/mol. The van der Waals surface area contributed by atoms with Gasteiger partial charge in [0.1, 0.15) is 17.5 Å². The molecule has 19 heavy (non-hydrogen) atoms. The van der Waals surface area contributed by atoms with Crippen LogP contribution in [-0.4, -0.2) is 28.1 Å². The van der Waals surface area contributed by atoms with Crippen molar-refractivity contribution in [2.75, 3.05) is 0 Å². The van der Waals surface area contributed by atoms with Crippen molar-refractivity contribution in [3.8, 4) is 11.5 Å². The van der Waals surface area contributed by atoms with Gasteiger partial charge in [-0.05, 0) is 31.4 Å². The monoisotopic (exact) mass is 264 g/mol. The Morgan fingerprint density at radius 3 is 2.84 bits per heavy atom. The molecule has 0 fully saturated rings. The van der Waals surface area contributed by atoms with Crippen molar-refractivity contribution in [1.29, 1.82) is 0 Å². The molecule has 0 saturated carbocycles. The molecule has 1 aliphatic heterocycles. The molecule has 1 atom stereocenters. The summed E-state index contributed by atoms with van der Waals surface area (Å²) in [7, 11) is 0. The van der Waals surface area contributed by atoms with Crippen LogP contribution >= 0.6 is 0 Å². The van der Waals surface area contributed by atoms with Gasteiger partial charge in [0, 0.05) is 12.8 Å². The highest BCUT2D eigenvalue weighted by Gasteiger charge is 2.30. The maximum Gasteiger partial charge on any atom is 0.342 e. The summed E-state index contributed by atoms with van der Waals surface area (Å²) < 4.78 is 5.21. The van der Waals surface area contributed by atoms with Crippen LogP contribution in [0.1, 0.15) is 42.1 Å². The van der Waals surface area contributed by atoms with E-state index in [9.17, 15) is 19.8 Å². The second-order valence-corrected chi connectivity index (χ2v) is 4.79. The first-order valence-electron chi connectivity index (χ1n) is 6.23. The molecule has 0 aliphatic carbocycles. The topological polar surface area (TPSA) is 83.8 Å². The lowest BCUT2D eigenvalue weighted by Crippen LogP contribution is -2.27. The number of cyclic esters (lactones) is 1. The fourth-order valence-electron chi connectivity index (χ4n) is 2.26. The number of hydrogen-bond donors (Lipinski definition) is 2. The van der Waals surface area contributed by atoms with E-state index in [1.165, 1.54) is 13.0 Å². The Labute approximate surface area is 110 Å². The molecule has 1 aromatic rings. The normalized spacial score (nSPS) is 17.7. The minimum absolute atomic E-state index is 0.0443. The molecule has 5 nitrogen and oxygen atoms in total. The van der Waals surface area contributed by atoms with Gasteiger partial charge >= 0.3 is 5.97 Å². The molecule has 102 valence electrons. The number of ketones is 1. The van der Waals surface area contributed by atoms with E-state index in [-0.39, 0.29) is 23.2 Å². The van der Waals surface area contributed by atoms with E-state index in [0.717, 1.165) is 0 Å². The van der Waals surface area contributed by atoms with Gasteiger partial charge in [-0.1, -0.05) is 6.07 Å². The third-order valence-electron chi connectivity index (χ3n) is 3.22. The lowest BCUT2D eigenvalue weighted by atomic mass is 9.94. The number of hydrogen-bond acceptors (Lipinski definition) is 5. The van der Waals surface area contributed by atoms with E-state index in [4.69, 9.17) is 4.74 Å². The van der Waals surface area contributed by atoms with E-state index in [2.05, 4.69) is 0 Å². The highest BCUT2D eigenvalue weighted by atomic mass is 16.5. The SMILES string of the molecule is CC(=O)CCC[C@H]1Cc2ccc(O)c(O)c2C(=O)O1. The number of phenolic OH excluding ortho intramolecular Hbond substituents is 2. The highest BCUT2D eigenvalue weighted by Crippen LogP contribution is 2.35. The quantitative estimate of drug-likeness (QED) is 0.641. The van der Waals surface area contributed by atoms with Crippen molar-refractivity contribution in [2.24, 2.45) is 0 Å². The van der Waals surface area contributed by atoms with E-state index < -0.39 is 11.7 Å². The Morgan fingerprint density at radius 2 is 2.16 bits per heavy atom. The lowest BCUT2D eigenvalue weighted by molar-refractivity contribution is -0.117. The first kappa shape index (κ1) is 13.4. The summed E-state index contributed by atoms with van der Waals surface area (Å²) in [5, 5.41) is 19.0. The fraction of sp³-hybridized carbons (Fsp3) is 0.429. The largest absolute Gasteiger partial charge is 0.504 e. The van der Waals surface area contributed by atoms with Crippen molar-refractivity contribution < 1.29 is 24.5 Å². The molecule has 0 spiro atoms. The second kappa shape index (κ2) is 5.30. The number of aromatic hydroxyl groups is 2. The number of benzene rings is 1. The van der Waals surface area contributed by atoms with Gasteiger partial charge in [0.25, 0.3) is 0 Å². The molecule has 1 aromatic carbocycles. The van der Waals surface area contributed by atoms with Gasteiger partial charge < -0.3 is 19.7 Å². The second-order valence-electron chi connectivity index (χ2n) is 4.79. The predicted octanol–water partition coefficient (Wildman–Crippen LogP) is 1.94. The lowest BCUT2D eigenvalue weighted by Gasteiger charge is -2.25. The van der Waals surface area contributed by atoms with Crippen LogP contribution in [0.2, 0.25) is 0 Å². The molecule has 5 heteroatoms. The maximum absolute atomic E-state index is 11.8. The van der Waals surface area contributed by atoms with E-state index in [1.54, 1.807) is 6.07 Å². The molecule has 0 unspecified atom stereocenters. The molecule has 2 N–H and O–H groups in total. The van der Waals surface area contributed by atoms with Crippen LogP contribution in [0.4, 0.5) is 0 Å². The van der Waals surface area contributed by atoms with Gasteiger partial charge in [-0.2, -0.15) is 0 Å². The molecular formula is C14H16O5. The maximum atomic E-state index is 11.8. The third-order valence-corrected chi connectivity index (χ3v) is 3.22. The molecule has 2 rings (SSSR count). The average Bonchev–Trinajstić information content (AvgIpc) is 2.33. The number of carbonyl (C=O) groups is 2. The molecule has 0 amide bonds. The fourth-order valence-corrected chi connectivity index (χ4v) is 2.26. The van der Waals surface area contributed by atoms with Gasteiger partial charge in [-0.3, -0.25) is 0 Å². The summed E-state index contributed by atoms with van der Waals surface area (Å²) in [6, 6.07) is 2.97. The van der Waals surface area contributed by atoms with Crippen LogP contribution in [0.25, 0.3) is 0 Å². The van der Waals surface area contributed by atoms with Crippen molar-refractivity contribution in [3.63, 3.8) is 0 Å². The molecule has 1 heterocycles. The van der Waals surface area contributed by atoms with Crippen LogP contribution in [0.15, 0.2) is 12.1 Å². The number of ether oxygens (including phenoxy) is 1. The molecule has 1 aliphatic rings. The van der Waals surface area contributed by atoms with Crippen LogP contribution in [-0.2, 0) is 16.0 Å². The van der Waals surface area contributed by atoms with Gasteiger partial charge in [-0.25, -0.2) is 4.79 Å². The summed E-state index contributed by atoms with van der Waals surface area (Å²) >= 11 is 0. The number of esters is 1. The zero-order chi connectivity index (χ0) is 14.0.